The molecule has 9 atom stereocenters. The first-order valence-corrected chi connectivity index (χ1v) is 13.6. The first kappa shape index (κ1) is 23.2. The molecule has 4 bridgehead atoms. The zero-order chi connectivity index (χ0) is 24.0. The predicted molar refractivity (Wildman–Crippen MR) is 127 cm³/mol. The zero-order valence-electron chi connectivity index (χ0n) is 21.2. The van der Waals surface area contributed by atoms with Crippen molar-refractivity contribution in [2.24, 2.45) is 45.8 Å². The fourth-order valence-corrected chi connectivity index (χ4v) is 9.65. The van der Waals surface area contributed by atoms with Crippen molar-refractivity contribution >= 4 is 12.3 Å². The van der Waals surface area contributed by atoms with Gasteiger partial charge in [-0.25, -0.2) is 0 Å². The van der Waals surface area contributed by atoms with Crippen LogP contribution in [-0.4, -0.2) is 60.4 Å². The van der Waals surface area contributed by atoms with Gasteiger partial charge >= 0.3 is 5.97 Å². The molecule has 0 aromatic rings. The van der Waals surface area contributed by atoms with Gasteiger partial charge in [-0.1, -0.05) is 38.8 Å². The number of carbonyl (C=O) groups is 2. The normalized spacial score (nSPS) is 49.9. The Bertz CT molecular complexity index is 912. The van der Waals surface area contributed by atoms with Crippen molar-refractivity contribution in [1.29, 1.82) is 0 Å². The van der Waals surface area contributed by atoms with Crippen molar-refractivity contribution in [2.75, 3.05) is 19.7 Å². The van der Waals surface area contributed by atoms with Crippen LogP contribution in [0, 0.1) is 45.8 Å². The minimum absolute atomic E-state index is 0.0737. The highest BCUT2D eigenvalue weighted by atomic mass is 16.7. The van der Waals surface area contributed by atoms with E-state index in [1.165, 1.54) is 12.8 Å². The van der Waals surface area contributed by atoms with Crippen molar-refractivity contribution in [2.45, 2.75) is 84.7 Å². The number of aldehydes is 1. The zero-order valence-corrected chi connectivity index (χ0v) is 21.2. The number of aliphatic carboxylic acids is 1. The molecule has 1 heterocycles. The topological polar surface area (TPSA) is 76.1 Å². The van der Waals surface area contributed by atoms with E-state index in [2.05, 4.69) is 38.7 Å². The maximum atomic E-state index is 13.5. The Balaban J connectivity index is 1.40. The number of carbonyl (C=O) groups excluding carboxylic acids is 1. The van der Waals surface area contributed by atoms with Gasteiger partial charge in [0.05, 0.1) is 18.1 Å². The standard InChI is InChI=1S/C28H41NO5/c1-16(2)23-9-19-10-26(14-30)22-8-5-17(3)21(22)11-27(19,28(23,26)25(31)32)15-33-24-13-29(20-6-7-20)12-18(4)34-24/h9,14,16-22,24H,5-8,10-13,15H2,1-4H3,(H,31,32)/t17-,18-,19+,21-,22-,24-,26-,27+,28+/m1/s1. The Morgan fingerprint density at radius 1 is 1.24 bits per heavy atom. The van der Waals surface area contributed by atoms with Gasteiger partial charge in [0, 0.05) is 24.5 Å². The molecule has 0 radical (unpaired) electrons. The second kappa shape index (κ2) is 7.63. The van der Waals surface area contributed by atoms with Gasteiger partial charge in [-0.2, -0.15) is 0 Å². The summed E-state index contributed by atoms with van der Waals surface area (Å²) < 4.78 is 12.8. The summed E-state index contributed by atoms with van der Waals surface area (Å²) in [5.74, 6) is 0.425. The Morgan fingerprint density at radius 3 is 2.65 bits per heavy atom. The van der Waals surface area contributed by atoms with Crippen molar-refractivity contribution in [3.8, 4) is 0 Å². The molecule has 4 saturated carbocycles. The summed E-state index contributed by atoms with van der Waals surface area (Å²) in [6.45, 7) is 10.6. The van der Waals surface area contributed by atoms with Gasteiger partial charge in [-0.3, -0.25) is 9.69 Å². The summed E-state index contributed by atoms with van der Waals surface area (Å²) in [5.41, 5.74) is -1.59. The molecule has 0 aromatic heterocycles. The first-order chi connectivity index (χ1) is 16.2. The Morgan fingerprint density at radius 2 is 2.00 bits per heavy atom. The molecule has 5 aliphatic carbocycles. The monoisotopic (exact) mass is 471 g/mol. The number of carboxylic acids is 1. The predicted octanol–water partition coefficient (Wildman–Crippen LogP) is 4.14. The van der Waals surface area contributed by atoms with Crippen LogP contribution in [0.5, 0.6) is 0 Å². The maximum absolute atomic E-state index is 13.5. The number of nitrogens with zero attached hydrogens (tertiary/aromatic N) is 1. The van der Waals surface area contributed by atoms with Crippen LogP contribution in [0.2, 0.25) is 0 Å². The van der Waals surface area contributed by atoms with Crippen molar-refractivity contribution in [3.63, 3.8) is 0 Å². The average molecular weight is 472 g/mol. The summed E-state index contributed by atoms with van der Waals surface area (Å²) in [5, 5.41) is 11.1. The third-order valence-electron chi connectivity index (χ3n) is 11.0. The third-order valence-corrected chi connectivity index (χ3v) is 11.0. The van der Waals surface area contributed by atoms with Gasteiger partial charge in [-0.05, 0) is 68.6 Å². The Hall–Kier alpha value is -1.24. The van der Waals surface area contributed by atoms with E-state index in [0.29, 0.717) is 30.9 Å². The highest BCUT2D eigenvalue weighted by molar-refractivity contribution is 5.90. The van der Waals surface area contributed by atoms with E-state index in [1.807, 2.05) is 0 Å². The second-order valence-electron chi connectivity index (χ2n) is 12.9. The summed E-state index contributed by atoms with van der Waals surface area (Å²) in [6.07, 6.45) is 9.15. The number of ether oxygens (including phenoxy) is 2. The minimum Gasteiger partial charge on any atom is -0.481 e. The van der Waals surface area contributed by atoms with E-state index in [0.717, 1.165) is 44.2 Å². The molecule has 6 nitrogen and oxygen atoms in total. The van der Waals surface area contributed by atoms with Crippen LogP contribution >= 0.6 is 0 Å². The lowest BCUT2D eigenvalue weighted by molar-refractivity contribution is -0.237. The molecule has 0 amide bonds. The minimum atomic E-state index is -1.16. The highest BCUT2D eigenvalue weighted by Gasteiger charge is 2.84. The molecule has 0 spiro atoms. The lowest BCUT2D eigenvalue weighted by atomic mass is 9.43. The van der Waals surface area contributed by atoms with Crippen LogP contribution in [0.4, 0.5) is 0 Å². The number of morpholine rings is 1. The number of hydrogen-bond donors (Lipinski definition) is 1. The highest BCUT2D eigenvalue weighted by Crippen LogP contribution is 2.82. The molecule has 1 N–H and O–H groups in total. The molecule has 0 aromatic carbocycles. The molecule has 188 valence electrons. The van der Waals surface area contributed by atoms with Gasteiger partial charge in [-0.15, -0.1) is 0 Å². The van der Waals surface area contributed by atoms with Crippen LogP contribution in [0.3, 0.4) is 0 Å². The molecule has 6 aliphatic rings. The Labute approximate surface area is 203 Å². The number of hydrogen-bond acceptors (Lipinski definition) is 5. The largest absolute Gasteiger partial charge is 0.481 e. The summed E-state index contributed by atoms with van der Waals surface area (Å²) in [7, 11) is 0. The molecule has 5 fully saturated rings. The van der Waals surface area contributed by atoms with Crippen molar-refractivity contribution in [3.05, 3.63) is 11.6 Å². The van der Waals surface area contributed by atoms with E-state index >= 15 is 0 Å². The van der Waals surface area contributed by atoms with Crippen LogP contribution in [-0.2, 0) is 19.1 Å². The van der Waals surface area contributed by atoms with E-state index in [4.69, 9.17) is 9.47 Å². The molecular formula is C28H41NO5. The molecule has 34 heavy (non-hydrogen) atoms. The summed E-state index contributed by atoms with van der Waals surface area (Å²) >= 11 is 0. The third kappa shape index (κ3) is 2.74. The Kier molecular flexibility index (Phi) is 5.20. The lowest BCUT2D eigenvalue weighted by Crippen LogP contribution is -2.64. The van der Waals surface area contributed by atoms with Crippen LogP contribution < -0.4 is 0 Å². The summed E-state index contributed by atoms with van der Waals surface area (Å²) in [4.78, 5) is 29.1. The van der Waals surface area contributed by atoms with Crippen molar-refractivity contribution < 1.29 is 24.2 Å². The molecule has 0 unspecified atom stereocenters. The fraction of sp³-hybridized carbons (Fsp3) is 0.857. The quantitative estimate of drug-likeness (QED) is 0.444. The molecule has 6 rings (SSSR count). The van der Waals surface area contributed by atoms with Crippen LogP contribution in [0.15, 0.2) is 11.6 Å². The molecule has 1 aliphatic heterocycles. The van der Waals surface area contributed by atoms with Crippen LogP contribution in [0.25, 0.3) is 0 Å². The smallest absolute Gasteiger partial charge is 0.315 e. The number of rotatable bonds is 7. The van der Waals surface area contributed by atoms with E-state index in [-0.39, 0.29) is 30.1 Å². The van der Waals surface area contributed by atoms with Gasteiger partial charge < -0.3 is 19.4 Å². The summed E-state index contributed by atoms with van der Waals surface area (Å²) in [6, 6.07) is 0.648. The second-order valence-corrected chi connectivity index (χ2v) is 12.9. The number of allylic oxidation sites excluding steroid dienone is 1. The number of fused-ring (bicyclic) bond motifs is 2. The molecule has 6 heteroatoms. The average Bonchev–Trinajstić information content (AvgIpc) is 3.50. The fourth-order valence-electron chi connectivity index (χ4n) is 9.65. The van der Waals surface area contributed by atoms with E-state index in [9.17, 15) is 14.7 Å². The van der Waals surface area contributed by atoms with Gasteiger partial charge in [0.25, 0.3) is 0 Å². The molecule has 1 saturated heterocycles. The maximum Gasteiger partial charge on any atom is 0.315 e. The first-order valence-electron chi connectivity index (χ1n) is 13.6. The molecular weight excluding hydrogens is 430 g/mol. The van der Waals surface area contributed by atoms with E-state index < -0.39 is 22.2 Å². The van der Waals surface area contributed by atoms with Crippen LogP contribution in [0.1, 0.15) is 66.2 Å². The van der Waals surface area contributed by atoms with Crippen molar-refractivity contribution in [1.82, 2.24) is 4.90 Å². The van der Waals surface area contributed by atoms with Gasteiger partial charge in [0.15, 0.2) is 6.29 Å². The van der Waals surface area contributed by atoms with Gasteiger partial charge in [0.2, 0.25) is 0 Å². The van der Waals surface area contributed by atoms with Gasteiger partial charge in [0.1, 0.15) is 11.7 Å². The lowest BCUT2D eigenvalue weighted by Gasteiger charge is -2.58. The number of carboxylic acid groups (broad SMARTS) is 1. The SMILES string of the molecule is CC(C)C1=C[C@H]2C[C@@]3(C=O)[C@@H]4CC[C@@H](C)[C@H]4C[C@@]2(CO[C@H]2CN(C4CC4)C[C@@H](C)O2)[C@]13C(=O)O. The van der Waals surface area contributed by atoms with E-state index in [1.54, 1.807) is 0 Å².